The van der Waals surface area contributed by atoms with E-state index in [9.17, 15) is 0 Å². The van der Waals surface area contributed by atoms with Crippen LogP contribution in [0.2, 0.25) is 0 Å². The van der Waals surface area contributed by atoms with Gasteiger partial charge in [0.15, 0.2) is 0 Å². The van der Waals surface area contributed by atoms with E-state index in [1.807, 2.05) is 12.4 Å². The van der Waals surface area contributed by atoms with Crippen molar-refractivity contribution >= 4 is 5.95 Å². The van der Waals surface area contributed by atoms with Crippen LogP contribution in [0.25, 0.3) is 0 Å². The summed E-state index contributed by atoms with van der Waals surface area (Å²) < 4.78 is 2.19. The molecular formula is C11H20N4. The fourth-order valence-corrected chi connectivity index (χ4v) is 2.09. The van der Waals surface area contributed by atoms with Crippen LogP contribution in [0.5, 0.6) is 0 Å². The van der Waals surface area contributed by atoms with Crippen LogP contribution in [0.4, 0.5) is 5.95 Å². The molecule has 4 nitrogen and oxygen atoms in total. The first-order valence-corrected chi connectivity index (χ1v) is 5.84. The van der Waals surface area contributed by atoms with E-state index in [0.29, 0.717) is 12.6 Å². The van der Waals surface area contributed by atoms with E-state index in [-0.39, 0.29) is 0 Å². The van der Waals surface area contributed by atoms with Crippen molar-refractivity contribution in [3.8, 4) is 0 Å². The van der Waals surface area contributed by atoms with Gasteiger partial charge in [-0.05, 0) is 26.2 Å². The standard InChI is InChI=1S/C11H20N4/c1-2-14-9-7-13-11(14)15(8-6-12)10-4-3-5-10/h7,9-10H,2-6,8,12H2,1H3. The molecule has 0 amide bonds. The van der Waals surface area contributed by atoms with Crippen molar-refractivity contribution in [1.29, 1.82) is 0 Å². The van der Waals surface area contributed by atoms with Crippen LogP contribution < -0.4 is 10.6 Å². The third-order valence-corrected chi connectivity index (χ3v) is 3.18. The maximum Gasteiger partial charge on any atom is 0.205 e. The minimum absolute atomic E-state index is 0.668. The average Bonchev–Trinajstić information content (AvgIpc) is 2.61. The Kier molecular flexibility index (Phi) is 3.26. The number of hydrogen-bond acceptors (Lipinski definition) is 3. The van der Waals surface area contributed by atoms with Gasteiger partial charge in [-0.15, -0.1) is 0 Å². The van der Waals surface area contributed by atoms with Crippen molar-refractivity contribution < 1.29 is 0 Å². The minimum atomic E-state index is 0.668. The molecule has 2 rings (SSSR count). The highest BCUT2D eigenvalue weighted by Gasteiger charge is 2.26. The topological polar surface area (TPSA) is 47.1 Å². The molecule has 1 fully saturated rings. The van der Waals surface area contributed by atoms with Crippen molar-refractivity contribution in [3.63, 3.8) is 0 Å². The highest BCUT2D eigenvalue weighted by molar-refractivity contribution is 5.34. The van der Waals surface area contributed by atoms with E-state index in [1.54, 1.807) is 0 Å². The number of aromatic nitrogens is 2. The van der Waals surface area contributed by atoms with E-state index in [2.05, 4.69) is 21.4 Å². The summed E-state index contributed by atoms with van der Waals surface area (Å²) in [5.41, 5.74) is 5.66. The molecule has 0 unspecified atom stereocenters. The van der Waals surface area contributed by atoms with Gasteiger partial charge in [0, 0.05) is 38.1 Å². The molecule has 0 aliphatic heterocycles. The summed E-state index contributed by atoms with van der Waals surface area (Å²) in [5.74, 6) is 1.09. The smallest absolute Gasteiger partial charge is 0.205 e. The van der Waals surface area contributed by atoms with Gasteiger partial charge in [0.2, 0.25) is 5.95 Å². The van der Waals surface area contributed by atoms with Crippen LogP contribution in [0.3, 0.4) is 0 Å². The fourth-order valence-electron chi connectivity index (χ4n) is 2.09. The highest BCUT2D eigenvalue weighted by atomic mass is 15.3. The lowest BCUT2D eigenvalue weighted by Crippen LogP contribution is -2.44. The van der Waals surface area contributed by atoms with Crippen LogP contribution in [0.15, 0.2) is 12.4 Å². The molecule has 0 saturated heterocycles. The SMILES string of the molecule is CCn1ccnc1N(CCN)C1CCC1. The van der Waals surface area contributed by atoms with E-state index >= 15 is 0 Å². The van der Waals surface area contributed by atoms with Crippen LogP contribution in [-0.2, 0) is 6.54 Å². The summed E-state index contributed by atoms with van der Waals surface area (Å²) in [6, 6.07) is 0.668. The first-order chi connectivity index (χ1) is 7.36. The van der Waals surface area contributed by atoms with E-state index in [0.717, 1.165) is 19.0 Å². The third kappa shape index (κ3) is 2.00. The zero-order valence-corrected chi connectivity index (χ0v) is 9.39. The molecule has 4 heteroatoms. The molecule has 1 saturated carbocycles. The van der Waals surface area contributed by atoms with E-state index in [4.69, 9.17) is 5.73 Å². The predicted octanol–water partition coefficient (Wildman–Crippen LogP) is 1.22. The number of nitrogens with zero attached hydrogens (tertiary/aromatic N) is 3. The van der Waals surface area contributed by atoms with Crippen LogP contribution in [0, 0.1) is 0 Å². The van der Waals surface area contributed by atoms with Gasteiger partial charge in [-0.1, -0.05) is 0 Å². The molecule has 2 N–H and O–H groups in total. The van der Waals surface area contributed by atoms with E-state index in [1.165, 1.54) is 19.3 Å². The highest BCUT2D eigenvalue weighted by Crippen LogP contribution is 2.28. The number of rotatable bonds is 5. The first kappa shape index (κ1) is 10.5. The fraction of sp³-hybridized carbons (Fsp3) is 0.727. The van der Waals surface area contributed by atoms with Crippen molar-refractivity contribution in [2.24, 2.45) is 5.73 Å². The van der Waals surface area contributed by atoms with Gasteiger partial charge in [0.1, 0.15) is 0 Å². The van der Waals surface area contributed by atoms with Gasteiger partial charge in [0.05, 0.1) is 0 Å². The monoisotopic (exact) mass is 208 g/mol. The predicted molar refractivity (Wildman–Crippen MR) is 61.9 cm³/mol. The Balaban J connectivity index is 2.15. The molecule has 0 spiro atoms. The lowest BCUT2D eigenvalue weighted by molar-refractivity contribution is 0.380. The molecule has 0 atom stereocenters. The van der Waals surface area contributed by atoms with Crippen LogP contribution in [0.1, 0.15) is 26.2 Å². The summed E-state index contributed by atoms with van der Waals surface area (Å²) in [6.45, 7) is 4.74. The molecule has 1 heterocycles. The molecule has 15 heavy (non-hydrogen) atoms. The number of anilines is 1. The molecule has 1 aromatic heterocycles. The number of imidazole rings is 1. The second-order valence-electron chi connectivity index (χ2n) is 4.08. The summed E-state index contributed by atoms with van der Waals surface area (Å²) in [7, 11) is 0. The Hall–Kier alpha value is -1.03. The maximum absolute atomic E-state index is 5.66. The number of aryl methyl sites for hydroxylation is 1. The molecule has 84 valence electrons. The Morgan fingerprint density at radius 1 is 1.60 bits per heavy atom. The maximum atomic E-state index is 5.66. The van der Waals surface area contributed by atoms with Crippen LogP contribution >= 0.6 is 0 Å². The van der Waals surface area contributed by atoms with Gasteiger partial charge in [-0.25, -0.2) is 4.98 Å². The Bertz CT molecular complexity index is 303. The van der Waals surface area contributed by atoms with Gasteiger partial charge in [-0.3, -0.25) is 0 Å². The molecule has 1 aliphatic rings. The lowest BCUT2D eigenvalue weighted by Gasteiger charge is -2.38. The van der Waals surface area contributed by atoms with Crippen molar-refractivity contribution in [1.82, 2.24) is 9.55 Å². The van der Waals surface area contributed by atoms with Gasteiger partial charge >= 0.3 is 0 Å². The molecule has 0 radical (unpaired) electrons. The second-order valence-corrected chi connectivity index (χ2v) is 4.08. The largest absolute Gasteiger partial charge is 0.338 e. The van der Waals surface area contributed by atoms with Gasteiger partial charge in [-0.2, -0.15) is 0 Å². The molecule has 1 aromatic rings. The Morgan fingerprint density at radius 3 is 2.93 bits per heavy atom. The molecule has 1 aliphatic carbocycles. The van der Waals surface area contributed by atoms with Crippen molar-refractivity contribution in [2.45, 2.75) is 38.8 Å². The minimum Gasteiger partial charge on any atom is -0.338 e. The number of hydrogen-bond donors (Lipinski definition) is 1. The third-order valence-electron chi connectivity index (χ3n) is 3.18. The van der Waals surface area contributed by atoms with E-state index < -0.39 is 0 Å². The summed E-state index contributed by atoms with van der Waals surface area (Å²) in [5, 5.41) is 0. The first-order valence-electron chi connectivity index (χ1n) is 5.84. The zero-order chi connectivity index (χ0) is 10.7. The lowest BCUT2D eigenvalue weighted by atomic mass is 9.91. The summed E-state index contributed by atoms with van der Waals surface area (Å²) >= 11 is 0. The van der Waals surface area contributed by atoms with Crippen molar-refractivity contribution in [2.75, 3.05) is 18.0 Å². The number of nitrogens with two attached hydrogens (primary N) is 1. The molecule has 0 bridgehead atoms. The molecule has 0 aromatic carbocycles. The van der Waals surface area contributed by atoms with Crippen LogP contribution in [-0.4, -0.2) is 28.7 Å². The molecular weight excluding hydrogens is 188 g/mol. The zero-order valence-electron chi connectivity index (χ0n) is 9.39. The van der Waals surface area contributed by atoms with Gasteiger partial charge in [0.25, 0.3) is 0 Å². The Morgan fingerprint density at radius 2 is 2.40 bits per heavy atom. The van der Waals surface area contributed by atoms with Crippen molar-refractivity contribution in [3.05, 3.63) is 12.4 Å². The summed E-state index contributed by atoms with van der Waals surface area (Å²) in [4.78, 5) is 6.81. The van der Waals surface area contributed by atoms with Gasteiger partial charge < -0.3 is 15.2 Å². The average molecular weight is 208 g/mol. The normalized spacial score (nSPS) is 16.4. The Labute approximate surface area is 91.1 Å². The second kappa shape index (κ2) is 4.66. The quantitative estimate of drug-likeness (QED) is 0.791. The summed E-state index contributed by atoms with van der Waals surface area (Å²) in [6.07, 6.45) is 7.84.